The van der Waals surface area contributed by atoms with Gasteiger partial charge in [-0.15, -0.1) is 0 Å². The SMILES string of the molecule is CN(Cc1ccccc1)C1=CC(=O)CC(C)(C)C1C#N. The number of nitriles is 1. The molecule has 1 unspecified atom stereocenters. The Balaban J connectivity index is 2.25. The van der Waals surface area contributed by atoms with Gasteiger partial charge in [-0.1, -0.05) is 44.2 Å². The molecule has 0 spiro atoms. The van der Waals surface area contributed by atoms with E-state index >= 15 is 0 Å². The van der Waals surface area contributed by atoms with Crippen molar-refractivity contribution in [3.63, 3.8) is 0 Å². The second kappa shape index (κ2) is 5.50. The molecule has 0 aliphatic heterocycles. The second-order valence-electron chi connectivity index (χ2n) is 6.10. The molecule has 1 aliphatic carbocycles. The van der Waals surface area contributed by atoms with Crippen LogP contribution in [0.2, 0.25) is 0 Å². The highest BCUT2D eigenvalue weighted by Gasteiger charge is 2.39. The van der Waals surface area contributed by atoms with E-state index in [1.54, 1.807) is 6.08 Å². The molecule has 0 saturated carbocycles. The summed E-state index contributed by atoms with van der Waals surface area (Å²) in [6.07, 6.45) is 2.08. The van der Waals surface area contributed by atoms with E-state index in [0.29, 0.717) is 13.0 Å². The summed E-state index contributed by atoms with van der Waals surface area (Å²) in [6.45, 7) is 4.68. The fourth-order valence-corrected chi connectivity index (χ4v) is 2.77. The van der Waals surface area contributed by atoms with E-state index in [-0.39, 0.29) is 17.1 Å². The number of carbonyl (C=O) groups is 1. The first-order valence-electron chi connectivity index (χ1n) is 6.83. The Bertz CT molecular complexity index is 566. The fourth-order valence-electron chi connectivity index (χ4n) is 2.77. The van der Waals surface area contributed by atoms with Gasteiger partial charge in [0.05, 0.1) is 12.0 Å². The van der Waals surface area contributed by atoms with E-state index in [9.17, 15) is 10.1 Å². The Hall–Kier alpha value is -2.08. The zero-order valence-corrected chi connectivity index (χ0v) is 12.3. The molecule has 1 aliphatic rings. The number of carbonyl (C=O) groups excluding carboxylic acids is 1. The van der Waals surface area contributed by atoms with Crippen molar-refractivity contribution in [2.75, 3.05) is 7.05 Å². The van der Waals surface area contributed by atoms with Crippen LogP contribution in [-0.4, -0.2) is 17.7 Å². The fraction of sp³-hybridized carbons (Fsp3) is 0.412. The summed E-state index contributed by atoms with van der Waals surface area (Å²) in [4.78, 5) is 13.9. The molecular weight excluding hydrogens is 248 g/mol. The third-order valence-electron chi connectivity index (χ3n) is 3.85. The first kappa shape index (κ1) is 14.3. The lowest BCUT2D eigenvalue weighted by Crippen LogP contribution is -2.37. The molecule has 0 aromatic heterocycles. The van der Waals surface area contributed by atoms with E-state index < -0.39 is 0 Å². The van der Waals surface area contributed by atoms with Gasteiger partial charge >= 0.3 is 0 Å². The summed E-state index contributed by atoms with van der Waals surface area (Å²) in [5.41, 5.74) is 1.70. The highest BCUT2D eigenvalue weighted by Crippen LogP contribution is 2.40. The molecule has 0 saturated heterocycles. The van der Waals surface area contributed by atoms with Crippen molar-refractivity contribution in [1.29, 1.82) is 5.26 Å². The molecule has 0 heterocycles. The number of nitrogens with zero attached hydrogens (tertiary/aromatic N) is 2. The number of allylic oxidation sites excluding steroid dienone is 2. The first-order valence-corrected chi connectivity index (χ1v) is 6.83. The summed E-state index contributed by atoms with van der Waals surface area (Å²) in [6, 6.07) is 12.4. The maximum absolute atomic E-state index is 11.9. The number of hydrogen-bond donors (Lipinski definition) is 0. The Morgan fingerprint density at radius 3 is 2.60 bits per heavy atom. The second-order valence-corrected chi connectivity index (χ2v) is 6.10. The van der Waals surface area contributed by atoms with Crippen molar-refractivity contribution < 1.29 is 4.79 Å². The predicted octanol–water partition coefficient (Wildman–Crippen LogP) is 3.14. The number of benzene rings is 1. The van der Waals surface area contributed by atoms with Gasteiger partial charge in [-0.2, -0.15) is 5.26 Å². The number of ketones is 1. The molecule has 1 aromatic carbocycles. The Kier molecular flexibility index (Phi) is 3.94. The predicted molar refractivity (Wildman–Crippen MR) is 78.5 cm³/mol. The van der Waals surface area contributed by atoms with E-state index in [2.05, 4.69) is 6.07 Å². The van der Waals surface area contributed by atoms with Gasteiger partial charge in [-0.05, 0) is 11.0 Å². The lowest BCUT2D eigenvalue weighted by molar-refractivity contribution is -0.117. The molecule has 2 rings (SSSR count). The van der Waals surface area contributed by atoms with Crippen molar-refractivity contribution in [3.8, 4) is 6.07 Å². The van der Waals surface area contributed by atoms with Crippen LogP contribution in [-0.2, 0) is 11.3 Å². The van der Waals surface area contributed by atoms with Crippen LogP contribution in [0, 0.1) is 22.7 Å². The Morgan fingerprint density at radius 2 is 2.00 bits per heavy atom. The van der Waals surface area contributed by atoms with Crippen molar-refractivity contribution in [2.24, 2.45) is 11.3 Å². The van der Waals surface area contributed by atoms with Crippen LogP contribution in [0.3, 0.4) is 0 Å². The van der Waals surface area contributed by atoms with Gasteiger partial charge < -0.3 is 4.90 Å². The Labute approximate surface area is 120 Å². The number of hydrogen-bond acceptors (Lipinski definition) is 3. The highest BCUT2D eigenvalue weighted by molar-refractivity contribution is 5.92. The average molecular weight is 268 g/mol. The average Bonchev–Trinajstić information content (AvgIpc) is 2.37. The monoisotopic (exact) mass is 268 g/mol. The van der Waals surface area contributed by atoms with E-state index in [1.165, 1.54) is 5.56 Å². The summed E-state index contributed by atoms with van der Waals surface area (Å²) < 4.78 is 0. The first-order chi connectivity index (χ1) is 9.44. The van der Waals surface area contributed by atoms with Crippen LogP contribution in [0.25, 0.3) is 0 Å². The van der Waals surface area contributed by atoms with Crippen LogP contribution in [0.15, 0.2) is 42.1 Å². The van der Waals surface area contributed by atoms with E-state index in [0.717, 1.165) is 5.70 Å². The lowest BCUT2D eigenvalue weighted by atomic mass is 9.70. The quantitative estimate of drug-likeness (QED) is 0.846. The minimum Gasteiger partial charge on any atom is -0.372 e. The van der Waals surface area contributed by atoms with Crippen molar-refractivity contribution in [2.45, 2.75) is 26.8 Å². The minimum atomic E-state index is -0.305. The topological polar surface area (TPSA) is 44.1 Å². The molecule has 0 bridgehead atoms. The van der Waals surface area contributed by atoms with E-state index in [1.807, 2.05) is 56.1 Å². The lowest BCUT2D eigenvalue weighted by Gasteiger charge is -2.38. The van der Waals surface area contributed by atoms with Gasteiger partial charge in [-0.3, -0.25) is 4.79 Å². The molecule has 1 atom stereocenters. The minimum absolute atomic E-state index is 0.108. The van der Waals surface area contributed by atoms with Gasteiger partial charge in [-0.25, -0.2) is 0 Å². The molecule has 3 heteroatoms. The summed E-state index contributed by atoms with van der Waals surface area (Å²) in [5, 5.41) is 9.47. The molecule has 1 aromatic rings. The largest absolute Gasteiger partial charge is 0.372 e. The van der Waals surface area contributed by atoms with Crippen molar-refractivity contribution in [1.82, 2.24) is 4.90 Å². The summed E-state index contributed by atoms with van der Waals surface area (Å²) in [5.74, 6) is -0.134. The van der Waals surface area contributed by atoms with E-state index in [4.69, 9.17) is 0 Å². The smallest absolute Gasteiger partial charge is 0.158 e. The third-order valence-corrected chi connectivity index (χ3v) is 3.85. The van der Waals surface area contributed by atoms with Crippen molar-refractivity contribution >= 4 is 5.78 Å². The molecule has 3 nitrogen and oxygen atoms in total. The molecule has 20 heavy (non-hydrogen) atoms. The Morgan fingerprint density at radius 1 is 1.35 bits per heavy atom. The summed E-state index contributed by atoms with van der Waals surface area (Å²) in [7, 11) is 1.94. The number of rotatable bonds is 3. The van der Waals surface area contributed by atoms with Crippen LogP contribution in [0.5, 0.6) is 0 Å². The van der Waals surface area contributed by atoms with Crippen molar-refractivity contribution in [3.05, 3.63) is 47.7 Å². The molecule has 0 amide bonds. The van der Waals surface area contributed by atoms with Gasteiger partial charge in [0.25, 0.3) is 0 Å². The van der Waals surface area contributed by atoms with Gasteiger partial charge in [0.15, 0.2) is 5.78 Å². The van der Waals surface area contributed by atoms with Crippen LogP contribution < -0.4 is 0 Å². The maximum atomic E-state index is 11.9. The molecule has 104 valence electrons. The zero-order valence-electron chi connectivity index (χ0n) is 12.3. The molecule has 0 radical (unpaired) electrons. The van der Waals surface area contributed by atoms with Gasteiger partial charge in [0.1, 0.15) is 0 Å². The van der Waals surface area contributed by atoms with Crippen LogP contribution in [0.4, 0.5) is 0 Å². The normalized spacial score (nSPS) is 21.0. The maximum Gasteiger partial charge on any atom is 0.158 e. The molecule has 0 N–H and O–H groups in total. The third kappa shape index (κ3) is 2.91. The van der Waals surface area contributed by atoms with Crippen LogP contribution in [0.1, 0.15) is 25.8 Å². The zero-order chi connectivity index (χ0) is 14.8. The molecular formula is C17H20N2O. The van der Waals surface area contributed by atoms with Gasteiger partial charge in [0.2, 0.25) is 0 Å². The van der Waals surface area contributed by atoms with Gasteiger partial charge in [0, 0.05) is 31.8 Å². The summed E-state index contributed by atoms with van der Waals surface area (Å²) >= 11 is 0. The standard InChI is InChI=1S/C17H20N2O/c1-17(2)10-14(20)9-16(15(17)11-18)19(3)12-13-7-5-4-6-8-13/h4-9,15H,10,12H2,1-3H3. The molecule has 0 fully saturated rings. The van der Waals surface area contributed by atoms with Crippen LogP contribution >= 0.6 is 0 Å². The highest BCUT2D eigenvalue weighted by atomic mass is 16.1.